The van der Waals surface area contributed by atoms with Gasteiger partial charge in [0, 0.05) is 23.7 Å². The Balaban J connectivity index is 1.63. The molecule has 4 rings (SSSR count). The van der Waals surface area contributed by atoms with Gasteiger partial charge in [0.15, 0.2) is 5.88 Å². The van der Waals surface area contributed by atoms with E-state index in [0.717, 1.165) is 17.6 Å². The summed E-state index contributed by atoms with van der Waals surface area (Å²) in [6.45, 7) is 3.50. The van der Waals surface area contributed by atoms with Gasteiger partial charge in [-0.1, -0.05) is 43.3 Å². The van der Waals surface area contributed by atoms with Crippen LogP contribution in [-0.4, -0.2) is 25.5 Å². The molecule has 2 aromatic rings. The molecule has 0 saturated heterocycles. The van der Waals surface area contributed by atoms with Crippen molar-refractivity contribution in [3.63, 3.8) is 0 Å². The molecular formula is C23H28N2O. The summed E-state index contributed by atoms with van der Waals surface area (Å²) in [6, 6.07) is 18.7. The average Bonchev–Trinajstić information content (AvgIpc) is 2.60. The summed E-state index contributed by atoms with van der Waals surface area (Å²) < 4.78 is 6.33. The van der Waals surface area contributed by atoms with E-state index in [0.29, 0.717) is 11.8 Å². The second-order valence-corrected chi connectivity index (χ2v) is 7.93. The number of hydrogen-bond donors (Lipinski definition) is 1. The summed E-state index contributed by atoms with van der Waals surface area (Å²) in [5.41, 5.74) is 3.97. The van der Waals surface area contributed by atoms with Gasteiger partial charge in [0.05, 0.1) is 0 Å². The molecule has 0 spiro atoms. The smallest absolute Gasteiger partial charge is 0.197 e. The van der Waals surface area contributed by atoms with Crippen molar-refractivity contribution in [3.8, 4) is 5.75 Å². The van der Waals surface area contributed by atoms with E-state index in [1.165, 1.54) is 36.2 Å². The molecule has 0 amide bonds. The Labute approximate surface area is 156 Å². The number of nitrogens with zero attached hydrogens (tertiary/aromatic N) is 1. The highest BCUT2D eigenvalue weighted by Crippen LogP contribution is 2.48. The Bertz CT molecular complexity index is 791. The van der Waals surface area contributed by atoms with E-state index < -0.39 is 0 Å². The maximum absolute atomic E-state index is 6.33. The standard InChI is InChI=1S/C23H28N2O/c1-16-20-11-7-8-12-21(20)24-23(26-19-9-5-4-6-10-19)22(16)18-13-17(14-18)15-25(2)3/h4-12,16-18,24H,13-15H2,1-3H3. The number of para-hydroxylation sites is 2. The van der Waals surface area contributed by atoms with Crippen molar-refractivity contribution in [2.24, 2.45) is 11.8 Å². The zero-order chi connectivity index (χ0) is 18.1. The van der Waals surface area contributed by atoms with Gasteiger partial charge in [0.2, 0.25) is 0 Å². The van der Waals surface area contributed by atoms with E-state index in [-0.39, 0.29) is 0 Å². The molecule has 136 valence electrons. The fourth-order valence-electron chi connectivity index (χ4n) is 4.43. The van der Waals surface area contributed by atoms with Gasteiger partial charge in [0.25, 0.3) is 0 Å². The van der Waals surface area contributed by atoms with Crippen LogP contribution >= 0.6 is 0 Å². The van der Waals surface area contributed by atoms with Gasteiger partial charge >= 0.3 is 0 Å². The van der Waals surface area contributed by atoms with Gasteiger partial charge in [-0.2, -0.15) is 0 Å². The molecule has 1 N–H and O–H groups in total. The zero-order valence-corrected chi connectivity index (χ0v) is 15.9. The lowest BCUT2D eigenvalue weighted by molar-refractivity contribution is 0.167. The van der Waals surface area contributed by atoms with E-state index in [2.05, 4.69) is 55.5 Å². The lowest BCUT2D eigenvalue weighted by Gasteiger charge is -2.42. The van der Waals surface area contributed by atoms with Crippen LogP contribution in [0.2, 0.25) is 0 Å². The second kappa shape index (κ2) is 7.16. The van der Waals surface area contributed by atoms with Crippen LogP contribution in [0.5, 0.6) is 5.75 Å². The Morgan fingerprint density at radius 1 is 1.00 bits per heavy atom. The van der Waals surface area contributed by atoms with Crippen molar-refractivity contribution < 1.29 is 4.74 Å². The third-order valence-electron chi connectivity index (χ3n) is 5.67. The number of nitrogens with one attached hydrogen (secondary N) is 1. The SMILES string of the molecule is CC1C(C2CC(CN(C)C)C2)=C(Oc2ccccc2)Nc2ccccc21. The number of allylic oxidation sites excluding steroid dienone is 1. The van der Waals surface area contributed by atoms with E-state index in [4.69, 9.17) is 4.74 Å². The number of rotatable bonds is 5. The van der Waals surface area contributed by atoms with Gasteiger partial charge in [0.1, 0.15) is 5.75 Å². The van der Waals surface area contributed by atoms with Gasteiger partial charge in [-0.3, -0.25) is 0 Å². The highest BCUT2D eigenvalue weighted by molar-refractivity contribution is 5.62. The van der Waals surface area contributed by atoms with Crippen LogP contribution in [0.3, 0.4) is 0 Å². The maximum atomic E-state index is 6.33. The first-order valence-corrected chi connectivity index (χ1v) is 9.59. The monoisotopic (exact) mass is 348 g/mol. The van der Waals surface area contributed by atoms with Crippen molar-refractivity contribution in [2.75, 3.05) is 26.0 Å². The third kappa shape index (κ3) is 3.36. The molecule has 2 aromatic carbocycles. The lowest BCUT2D eigenvalue weighted by Crippen LogP contribution is -2.36. The quantitative estimate of drug-likeness (QED) is 0.814. The van der Waals surface area contributed by atoms with E-state index in [1.54, 1.807) is 0 Å². The summed E-state index contributed by atoms with van der Waals surface area (Å²) in [5.74, 6) is 3.62. The molecule has 3 nitrogen and oxygen atoms in total. The molecule has 2 aliphatic rings. The van der Waals surface area contributed by atoms with E-state index >= 15 is 0 Å². The highest BCUT2D eigenvalue weighted by Gasteiger charge is 2.39. The van der Waals surface area contributed by atoms with Crippen LogP contribution in [0.15, 0.2) is 66.1 Å². The van der Waals surface area contributed by atoms with E-state index in [9.17, 15) is 0 Å². The second-order valence-electron chi connectivity index (χ2n) is 7.93. The van der Waals surface area contributed by atoms with Crippen molar-refractivity contribution in [1.29, 1.82) is 0 Å². The van der Waals surface area contributed by atoms with Crippen molar-refractivity contribution in [2.45, 2.75) is 25.7 Å². The first-order chi connectivity index (χ1) is 12.6. The topological polar surface area (TPSA) is 24.5 Å². The molecule has 3 heteroatoms. The highest BCUT2D eigenvalue weighted by atomic mass is 16.5. The lowest BCUT2D eigenvalue weighted by atomic mass is 9.66. The number of ether oxygens (including phenoxy) is 1. The Morgan fingerprint density at radius 3 is 2.42 bits per heavy atom. The van der Waals surface area contributed by atoms with Crippen LogP contribution < -0.4 is 10.1 Å². The number of benzene rings is 2. The zero-order valence-electron chi connectivity index (χ0n) is 15.9. The number of hydrogen-bond acceptors (Lipinski definition) is 3. The molecule has 1 aliphatic heterocycles. The Kier molecular flexibility index (Phi) is 4.73. The molecule has 0 radical (unpaired) electrons. The molecule has 1 atom stereocenters. The third-order valence-corrected chi connectivity index (χ3v) is 5.67. The molecule has 0 aromatic heterocycles. The Morgan fingerprint density at radius 2 is 1.69 bits per heavy atom. The predicted molar refractivity (Wildman–Crippen MR) is 107 cm³/mol. The normalized spacial score (nSPS) is 24.7. The fraction of sp³-hybridized carbons (Fsp3) is 0.391. The summed E-state index contributed by atoms with van der Waals surface area (Å²) in [7, 11) is 4.33. The summed E-state index contributed by atoms with van der Waals surface area (Å²) in [4.78, 5) is 2.30. The van der Waals surface area contributed by atoms with E-state index in [1.807, 2.05) is 30.3 Å². The number of anilines is 1. The molecular weight excluding hydrogens is 320 g/mol. The van der Waals surface area contributed by atoms with Crippen molar-refractivity contribution >= 4 is 5.69 Å². The first-order valence-electron chi connectivity index (χ1n) is 9.59. The summed E-state index contributed by atoms with van der Waals surface area (Å²) in [5, 5.41) is 3.58. The number of fused-ring (bicyclic) bond motifs is 1. The molecule has 1 unspecified atom stereocenters. The molecule has 1 fully saturated rings. The minimum atomic E-state index is 0.386. The van der Waals surface area contributed by atoms with Crippen molar-refractivity contribution in [1.82, 2.24) is 4.90 Å². The molecule has 1 saturated carbocycles. The summed E-state index contributed by atoms with van der Waals surface area (Å²) >= 11 is 0. The average molecular weight is 348 g/mol. The van der Waals surface area contributed by atoms with Crippen LogP contribution in [-0.2, 0) is 0 Å². The van der Waals surface area contributed by atoms with Crippen molar-refractivity contribution in [3.05, 3.63) is 71.6 Å². The maximum Gasteiger partial charge on any atom is 0.197 e. The molecule has 1 aliphatic carbocycles. The Hall–Kier alpha value is -2.26. The molecule has 1 heterocycles. The fourth-order valence-corrected chi connectivity index (χ4v) is 4.43. The summed E-state index contributed by atoms with van der Waals surface area (Å²) in [6.07, 6.45) is 2.51. The largest absolute Gasteiger partial charge is 0.441 e. The van der Waals surface area contributed by atoms with Gasteiger partial charge < -0.3 is 15.0 Å². The predicted octanol–water partition coefficient (Wildman–Crippen LogP) is 5.09. The molecule has 0 bridgehead atoms. The minimum absolute atomic E-state index is 0.386. The van der Waals surface area contributed by atoms with Crippen LogP contribution in [0.1, 0.15) is 31.2 Å². The van der Waals surface area contributed by atoms with Gasteiger partial charge in [-0.25, -0.2) is 0 Å². The molecule has 26 heavy (non-hydrogen) atoms. The van der Waals surface area contributed by atoms with Crippen LogP contribution in [0, 0.1) is 11.8 Å². The van der Waals surface area contributed by atoms with Gasteiger partial charge in [-0.05, 0) is 62.5 Å². The van der Waals surface area contributed by atoms with Gasteiger partial charge in [-0.15, -0.1) is 0 Å². The van der Waals surface area contributed by atoms with Crippen LogP contribution in [0.25, 0.3) is 0 Å². The first kappa shape index (κ1) is 17.2. The van der Waals surface area contributed by atoms with Crippen LogP contribution in [0.4, 0.5) is 5.69 Å². The minimum Gasteiger partial charge on any atom is -0.441 e.